The quantitative estimate of drug-likeness (QED) is 0.687. The lowest BCUT2D eigenvalue weighted by Crippen LogP contribution is -2.34. The monoisotopic (exact) mass is 464 g/mol. The molecule has 0 radical (unpaired) electrons. The van der Waals surface area contributed by atoms with Gasteiger partial charge in [0.2, 0.25) is 15.9 Å². The van der Waals surface area contributed by atoms with Gasteiger partial charge in [0.05, 0.1) is 27.7 Å². The Morgan fingerprint density at radius 3 is 2.80 bits per heavy atom. The third-order valence-corrected chi connectivity index (χ3v) is 6.70. The maximum absolute atomic E-state index is 12.9. The molecule has 1 aliphatic rings. The summed E-state index contributed by atoms with van der Waals surface area (Å²) in [6.07, 6.45) is -0.720. The molecule has 0 saturated carbocycles. The van der Waals surface area contributed by atoms with E-state index in [1.165, 1.54) is 0 Å². The van der Waals surface area contributed by atoms with Crippen molar-refractivity contribution in [1.82, 2.24) is 19.8 Å². The lowest BCUT2D eigenvalue weighted by atomic mass is 9.93. The minimum atomic E-state index is -4.78. The molecule has 0 saturated heterocycles. The van der Waals surface area contributed by atoms with Crippen molar-refractivity contribution < 1.29 is 26.4 Å². The fourth-order valence-corrected chi connectivity index (χ4v) is 4.68. The second-order valence-electron chi connectivity index (χ2n) is 6.97. The number of nitrogens with zero attached hydrogens (tertiary/aromatic N) is 2. The zero-order chi connectivity index (χ0) is 22.1. The van der Waals surface area contributed by atoms with Gasteiger partial charge in [-0.25, -0.2) is 13.1 Å². The van der Waals surface area contributed by atoms with Crippen LogP contribution in [-0.2, 0) is 34.5 Å². The Kier molecular flexibility index (Phi) is 6.44. The van der Waals surface area contributed by atoms with E-state index in [0.717, 1.165) is 42.7 Å². The number of halogens is 4. The molecule has 1 unspecified atom stereocenters. The fraction of sp³-hybridized carbons (Fsp3) is 0.444. The molecule has 1 amide bonds. The topological polar surface area (TPSA) is 93.1 Å². The van der Waals surface area contributed by atoms with Crippen molar-refractivity contribution in [2.75, 3.05) is 6.54 Å². The van der Waals surface area contributed by atoms with Crippen molar-refractivity contribution in [3.63, 3.8) is 0 Å². The van der Waals surface area contributed by atoms with Crippen LogP contribution in [0.1, 0.15) is 42.1 Å². The van der Waals surface area contributed by atoms with Crippen molar-refractivity contribution in [3.05, 3.63) is 46.2 Å². The average Bonchev–Trinajstić information content (AvgIpc) is 3.03. The SMILES string of the molecule is Cn1ncc2c1CCCC2NC(=O)CCNS(=O)(=O)c1ccc(Cl)c(C(F)(F)F)c1. The Balaban J connectivity index is 1.59. The average molecular weight is 465 g/mol. The first-order valence-corrected chi connectivity index (χ1v) is 11.0. The molecule has 7 nitrogen and oxygen atoms in total. The lowest BCUT2D eigenvalue weighted by Gasteiger charge is -2.23. The van der Waals surface area contributed by atoms with E-state index in [0.29, 0.717) is 6.07 Å². The number of aromatic nitrogens is 2. The van der Waals surface area contributed by atoms with Gasteiger partial charge in [0.1, 0.15) is 0 Å². The molecule has 0 aliphatic heterocycles. The summed E-state index contributed by atoms with van der Waals surface area (Å²) >= 11 is 5.51. The lowest BCUT2D eigenvalue weighted by molar-refractivity contribution is -0.137. The first-order chi connectivity index (χ1) is 14.0. The molecular formula is C18H20ClF3N4O3S. The van der Waals surface area contributed by atoms with Gasteiger partial charge in [-0.1, -0.05) is 11.6 Å². The first-order valence-electron chi connectivity index (χ1n) is 9.15. The molecule has 1 atom stereocenters. The van der Waals surface area contributed by atoms with Gasteiger partial charge in [-0.05, 0) is 37.5 Å². The number of benzene rings is 1. The number of carbonyl (C=O) groups is 1. The predicted octanol–water partition coefficient (Wildman–Crippen LogP) is 2.95. The van der Waals surface area contributed by atoms with Gasteiger partial charge in [-0.3, -0.25) is 9.48 Å². The number of nitrogens with one attached hydrogen (secondary N) is 2. The largest absolute Gasteiger partial charge is 0.417 e. The number of aryl methyl sites for hydroxylation is 1. The van der Waals surface area contributed by atoms with Crippen LogP contribution >= 0.6 is 11.6 Å². The molecule has 30 heavy (non-hydrogen) atoms. The van der Waals surface area contributed by atoms with Crippen LogP contribution in [0.2, 0.25) is 5.02 Å². The third kappa shape index (κ3) is 4.96. The summed E-state index contributed by atoms with van der Waals surface area (Å²) in [7, 11) is -2.40. The molecule has 12 heteroatoms. The van der Waals surface area contributed by atoms with E-state index in [9.17, 15) is 26.4 Å². The molecule has 1 aromatic carbocycles. The normalized spacial score (nSPS) is 16.9. The highest BCUT2D eigenvalue weighted by Crippen LogP contribution is 2.36. The summed E-state index contributed by atoms with van der Waals surface area (Å²) in [6, 6.07) is 2.13. The molecule has 0 fully saturated rings. The number of fused-ring (bicyclic) bond motifs is 1. The van der Waals surface area contributed by atoms with Crippen LogP contribution in [0.3, 0.4) is 0 Å². The Morgan fingerprint density at radius 1 is 1.37 bits per heavy atom. The molecule has 1 aromatic heterocycles. The Labute approximate surface area is 176 Å². The van der Waals surface area contributed by atoms with Crippen molar-refractivity contribution in [3.8, 4) is 0 Å². The second kappa shape index (κ2) is 8.56. The number of alkyl halides is 3. The van der Waals surface area contributed by atoms with E-state index in [4.69, 9.17) is 11.6 Å². The van der Waals surface area contributed by atoms with Gasteiger partial charge >= 0.3 is 6.18 Å². The highest BCUT2D eigenvalue weighted by molar-refractivity contribution is 7.89. The maximum Gasteiger partial charge on any atom is 0.417 e. The van der Waals surface area contributed by atoms with Crippen LogP contribution in [0.15, 0.2) is 29.3 Å². The van der Waals surface area contributed by atoms with Gasteiger partial charge in [0, 0.05) is 31.3 Å². The van der Waals surface area contributed by atoms with Crippen molar-refractivity contribution in [2.45, 2.75) is 42.8 Å². The third-order valence-electron chi connectivity index (χ3n) is 4.91. The van der Waals surface area contributed by atoms with Gasteiger partial charge in [-0.15, -0.1) is 0 Å². The molecular weight excluding hydrogens is 445 g/mol. The summed E-state index contributed by atoms with van der Waals surface area (Å²) in [4.78, 5) is 11.7. The van der Waals surface area contributed by atoms with Crippen molar-refractivity contribution >= 4 is 27.5 Å². The minimum Gasteiger partial charge on any atom is -0.349 e. The van der Waals surface area contributed by atoms with E-state index in [-0.39, 0.29) is 24.9 Å². The van der Waals surface area contributed by atoms with E-state index in [1.54, 1.807) is 10.9 Å². The van der Waals surface area contributed by atoms with Crippen LogP contribution in [-0.4, -0.2) is 30.7 Å². The van der Waals surface area contributed by atoms with Crippen molar-refractivity contribution in [2.24, 2.45) is 7.05 Å². The highest BCUT2D eigenvalue weighted by atomic mass is 35.5. The Morgan fingerprint density at radius 2 is 2.10 bits per heavy atom. The van der Waals surface area contributed by atoms with Crippen LogP contribution in [0.25, 0.3) is 0 Å². The van der Waals surface area contributed by atoms with Gasteiger partial charge in [0.15, 0.2) is 0 Å². The first kappa shape index (κ1) is 22.6. The van der Waals surface area contributed by atoms with Crippen LogP contribution in [0.4, 0.5) is 13.2 Å². The van der Waals surface area contributed by atoms with E-state index < -0.39 is 31.7 Å². The highest BCUT2D eigenvalue weighted by Gasteiger charge is 2.34. The molecule has 3 rings (SSSR count). The minimum absolute atomic E-state index is 0.162. The van der Waals surface area contributed by atoms with E-state index in [1.807, 2.05) is 7.05 Å². The number of sulfonamides is 1. The summed E-state index contributed by atoms with van der Waals surface area (Å²) in [5.41, 5.74) is 0.753. The molecule has 2 aromatic rings. The molecule has 2 N–H and O–H groups in total. The smallest absolute Gasteiger partial charge is 0.349 e. The van der Waals surface area contributed by atoms with Gasteiger partial charge in [0.25, 0.3) is 0 Å². The Bertz CT molecular complexity index is 1050. The summed E-state index contributed by atoms with van der Waals surface area (Å²) in [5.74, 6) is -0.369. The van der Waals surface area contributed by atoms with Gasteiger partial charge in [-0.2, -0.15) is 18.3 Å². The molecule has 1 heterocycles. The van der Waals surface area contributed by atoms with Crippen LogP contribution < -0.4 is 10.0 Å². The number of amides is 1. The zero-order valence-electron chi connectivity index (χ0n) is 16.0. The standard InChI is InChI=1S/C18H20ClF3N4O3S/c1-26-16-4-2-3-15(12(16)10-23-26)25-17(27)7-8-24-30(28,29)11-5-6-14(19)13(9-11)18(20,21)22/h5-6,9-10,15,24H,2-4,7-8H2,1H3,(H,25,27). The van der Waals surface area contributed by atoms with E-state index in [2.05, 4.69) is 15.1 Å². The number of carbonyl (C=O) groups excluding carboxylic acids is 1. The number of rotatable bonds is 6. The zero-order valence-corrected chi connectivity index (χ0v) is 17.5. The predicted molar refractivity (Wildman–Crippen MR) is 103 cm³/mol. The summed E-state index contributed by atoms with van der Waals surface area (Å²) < 4.78 is 67.3. The van der Waals surface area contributed by atoms with Crippen LogP contribution in [0, 0.1) is 0 Å². The maximum atomic E-state index is 12.9. The molecule has 164 valence electrons. The van der Waals surface area contributed by atoms with Crippen molar-refractivity contribution in [1.29, 1.82) is 0 Å². The van der Waals surface area contributed by atoms with E-state index >= 15 is 0 Å². The van der Waals surface area contributed by atoms with Crippen LogP contribution in [0.5, 0.6) is 0 Å². The van der Waals surface area contributed by atoms with Gasteiger partial charge < -0.3 is 5.32 Å². The fourth-order valence-electron chi connectivity index (χ4n) is 3.39. The molecule has 1 aliphatic carbocycles. The molecule has 0 spiro atoms. The number of hydrogen-bond donors (Lipinski definition) is 2. The second-order valence-corrected chi connectivity index (χ2v) is 9.14. The Hall–Kier alpha value is -2.11. The number of hydrogen-bond acceptors (Lipinski definition) is 4. The summed E-state index contributed by atoms with van der Waals surface area (Å²) in [6.45, 7) is -0.259. The summed E-state index contributed by atoms with van der Waals surface area (Å²) in [5, 5.41) is 6.46. The molecule has 0 bridgehead atoms.